The first-order valence-corrected chi connectivity index (χ1v) is 9.68. The standard InChI is InChI=1S/C23H29NO2/c1-18(2)17-26-21-12-10-20(11-13-21)23(25)22(16-24-14-6-7-15-24)19-8-4-3-5-9-19/h3-5,8-13,18,22H,6-7,14-17H2,1-2H3. The molecule has 0 aromatic heterocycles. The summed E-state index contributed by atoms with van der Waals surface area (Å²) in [6, 6.07) is 17.8. The minimum absolute atomic E-state index is 0.114. The molecule has 1 unspecified atom stereocenters. The maximum Gasteiger partial charge on any atom is 0.171 e. The van der Waals surface area contributed by atoms with Gasteiger partial charge in [-0.1, -0.05) is 44.2 Å². The van der Waals surface area contributed by atoms with Crippen molar-refractivity contribution in [2.45, 2.75) is 32.6 Å². The van der Waals surface area contributed by atoms with E-state index in [-0.39, 0.29) is 11.7 Å². The van der Waals surface area contributed by atoms with Crippen molar-refractivity contribution in [3.8, 4) is 5.75 Å². The highest BCUT2D eigenvalue weighted by atomic mass is 16.5. The number of Topliss-reactive ketones (excluding diaryl/α,β-unsaturated/α-hetero) is 1. The first-order chi connectivity index (χ1) is 12.6. The van der Waals surface area contributed by atoms with Gasteiger partial charge in [-0.05, 0) is 61.7 Å². The quantitative estimate of drug-likeness (QED) is 0.641. The van der Waals surface area contributed by atoms with Gasteiger partial charge in [0.25, 0.3) is 0 Å². The summed E-state index contributed by atoms with van der Waals surface area (Å²) in [6.07, 6.45) is 2.47. The highest BCUT2D eigenvalue weighted by molar-refractivity contribution is 6.01. The summed E-state index contributed by atoms with van der Waals surface area (Å²) in [5, 5.41) is 0. The van der Waals surface area contributed by atoms with Gasteiger partial charge in [-0.3, -0.25) is 4.79 Å². The molecule has 0 aliphatic carbocycles. The van der Waals surface area contributed by atoms with Gasteiger partial charge in [0.1, 0.15) is 5.75 Å². The van der Waals surface area contributed by atoms with Gasteiger partial charge >= 0.3 is 0 Å². The molecular weight excluding hydrogens is 322 g/mol. The second kappa shape index (κ2) is 9.00. The summed E-state index contributed by atoms with van der Waals surface area (Å²) in [5.41, 5.74) is 1.86. The highest BCUT2D eigenvalue weighted by Crippen LogP contribution is 2.25. The Balaban J connectivity index is 1.76. The number of nitrogens with zero attached hydrogens (tertiary/aromatic N) is 1. The van der Waals surface area contributed by atoms with E-state index < -0.39 is 0 Å². The van der Waals surface area contributed by atoms with E-state index in [4.69, 9.17) is 4.74 Å². The van der Waals surface area contributed by atoms with Crippen LogP contribution in [0.4, 0.5) is 0 Å². The number of likely N-dealkylation sites (tertiary alicyclic amines) is 1. The van der Waals surface area contributed by atoms with Crippen LogP contribution < -0.4 is 4.74 Å². The SMILES string of the molecule is CC(C)COc1ccc(C(=O)C(CN2CCCC2)c2ccccc2)cc1. The van der Waals surface area contributed by atoms with E-state index in [2.05, 4.69) is 30.9 Å². The minimum Gasteiger partial charge on any atom is -0.493 e. The molecule has 1 aliphatic rings. The van der Waals surface area contributed by atoms with Crippen LogP contribution in [0.25, 0.3) is 0 Å². The fourth-order valence-corrected chi connectivity index (χ4v) is 3.43. The van der Waals surface area contributed by atoms with Crippen LogP contribution in [0.3, 0.4) is 0 Å². The number of carbonyl (C=O) groups excluding carboxylic acids is 1. The Labute approximate surface area is 157 Å². The van der Waals surface area contributed by atoms with Crippen LogP contribution in [-0.4, -0.2) is 36.9 Å². The Morgan fingerprint density at radius 2 is 1.65 bits per heavy atom. The van der Waals surface area contributed by atoms with Crippen molar-refractivity contribution in [3.05, 3.63) is 65.7 Å². The van der Waals surface area contributed by atoms with Gasteiger partial charge in [-0.2, -0.15) is 0 Å². The van der Waals surface area contributed by atoms with E-state index in [1.165, 1.54) is 12.8 Å². The molecular formula is C23H29NO2. The second-order valence-electron chi connectivity index (χ2n) is 7.56. The summed E-state index contributed by atoms with van der Waals surface area (Å²) in [5.74, 6) is 1.39. The Hall–Kier alpha value is -2.13. The molecule has 0 spiro atoms. The van der Waals surface area contributed by atoms with Crippen LogP contribution in [0.5, 0.6) is 5.75 Å². The highest BCUT2D eigenvalue weighted by Gasteiger charge is 2.26. The van der Waals surface area contributed by atoms with Gasteiger partial charge in [0.2, 0.25) is 0 Å². The minimum atomic E-state index is -0.114. The number of benzene rings is 2. The Morgan fingerprint density at radius 3 is 2.27 bits per heavy atom. The topological polar surface area (TPSA) is 29.5 Å². The van der Waals surface area contributed by atoms with E-state index in [1.807, 2.05) is 42.5 Å². The summed E-state index contributed by atoms with van der Waals surface area (Å²) in [6.45, 7) is 7.93. The van der Waals surface area contributed by atoms with Crippen molar-refractivity contribution in [3.63, 3.8) is 0 Å². The summed E-state index contributed by atoms with van der Waals surface area (Å²) in [7, 11) is 0. The van der Waals surface area contributed by atoms with Gasteiger partial charge in [0, 0.05) is 12.1 Å². The van der Waals surface area contributed by atoms with Crippen molar-refractivity contribution in [2.24, 2.45) is 5.92 Å². The largest absolute Gasteiger partial charge is 0.493 e. The molecule has 1 atom stereocenters. The summed E-state index contributed by atoms with van der Waals surface area (Å²) < 4.78 is 5.74. The zero-order valence-electron chi connectivity index (χ0n) is 15.9. The number of ether oxygens (including phenoxy) is 1. The van der Waals surface area contributed by atoms with Gasteiger partial charge in [-0.15, -0.1) is 0 Å². The fourth-order valence-electron chi connectivity index (χ4n) is 3.43. The van der Waals surface area contributed by atoms with Crippen molar-refractivity contribution < 1.29 is 9.53 Å². The molecule has 0 saturated carbocycles. The molecule has 138 valence electrons. The molecule has 1 fully saturated rings. The van der Waals surface area contributed by atoms with Crippen LogP contribution in [0, 0.1) is 5.92 Å². The number of rotatable bonds is 8. The van der Waals surface area contributed by atoms with E-state index >= 15 is 0 Å². The number of hydrogen-bond acceptors (Lipinski definition) is 3. The Kier molecular flexibility index (Phi) is 6.45. The average Bonchev–Trinajstić information content (AvgIpc) is 3.18. The lowest BCUT2D eigenvalue weighted by Crippen LogP contribution is -2.30. The van der Waals surface area contributed by atoms with Crippen molar-refractivity contribution >= 4 is 5.78 Å². The summed E-state index contributed by atoms with van der Waals surface area (Å²) in [4.78, 5) is 15.7. The molecule has 3 nitrogen and oxygen atoms in total. The molecule has 0 bridgehead atoms. The van der Waals surface area contributed by atoms with Crippen LogP contribution in [0.1, 0.15) is 48.5 Å². The maximum atomic E-state index is 13.2. The molecule has 3 heteroatoms. The average molecular weight is 351 g/mol. The van der Waals surface area contributed by atoms with E-state index in [1.54, 1.807) is 0 Å². The Morgan fingerprint density at radius 1 is 1.00 bits per heavy atom. The monoisotopic (exact) mass is 351 g/mol. The normalized spacial score (nSPS) is 16.0. The van der Waals surface area contributed by atoms with Gasteiger partial charge in [0.15, 0.2) is 5.78 Å². The third-order valence-electron chi connectivity index (χ3n) is 4.88. The fraction of sp³-hybridized carbons (Fsp3) is 0.435. The zero-order chi connectivity index (χ0) is 18.4. The van der Waals surface area contributed by atoms with Gasteiger partial charge in [0.05, 0.1) is 12.5 Å². The second-order valence-corrected chi connectivity index (χ2v) is 7.56. The zero-order valence-corrected chi connectivity index (χ0v) is 15.9. The predicted octanol–water partition coefficient (Wildman–Crippen LogP) is 4.78. The lowest BCUT2D eigenvalue weighted by atomic mass is 9.90. The number of ketones is 1. The first-order valence-electron chi connectivity index (χ1n) is 9.68. The van der Waals surface area contributed by atoms with Crippen molar-refractivity contribution in [1.82, 2.24) is 4.90 Å². The number of hydrogen-bond donors (Lipinski definition) is 0. The summed E-state index contributed by atoms with van der Waals surface area (Å²) >= 11 is 0. The van der Waals surface area contributed by atoms with Crippen LogP contribution in [0.15, 0.2) is 54.6 Å². The third-order valence-corrected chi connectivity index (χ3v) is 4.88. The molecule has 2 aromatic rings. The van der Waals surface area contributed by atoms with Crippen LogP contribution in [0.2, 0.25) is 0 Å². The van der Waals surface area contributed by atoms with Gasteiger partial charge < -0.3 is 9.64 Å². The van der Waals surface area contributed by atoms with Crippen molar-refractivity contribution in [2.75, 3.05) is 26.2 Å². The molecule has 1 saturated heterocycles. The third kappa shape index (κ3) is 4.95. The van der Waals surface area contributed by atoms with Crippen LogP contribution >= 0.6 is 0 Å². The van der Waals surface area contributed by atoms with Crippen molar-refractivity contribution in [1.29, 1.82) is 0 Å². The van der Waals surface area contributed by atoms with Gasteiger partial charge in [-0.25, -0.2) is 0 Å². The first kappa shape index (κ1) is 18.7. The van der Waals surface area contributed by atoms with E-state index in [0.717, 1.165) is 36.5 Å². The predicted molar refractivity (Wildman–Crippen MR) is 106 cm³/mol. The Bertz CT molecular complexity index is 688. The lowest BCUT2D eigenvalue weighted by molar-refractivity contribution is 0.0939. The van der Waals surface area contributed by atoms with Crippen LogP contribution in [-0.2, 0) is 0 Å². The lowest BCUT2D eigenvalue weighted by Gasteiger charge is -2.23. The van der Waals surface area contributed by atoms with E-state index in [0.29, 0.717) is 12.5 Å². The maximum absolute atomic E-state index is 13.2. The molecule has 26 heavy (non-hydrogen) atoms. The van der Waals surface area contributed by atoms with E-state index in [9.17, 15) is 4.79 Å². The smallest absolute Gasteiger partial charge is 0.171 e. The molecule has 0 radical (unpaired) electrons. The molecule has 0 amide bonds. The molecule has 1 heterocycles. The molecule has 0 N–H and O–H groups in total. The molecule has 3 rings (SSSR count). The molecule has 2 aromatic carbocycles. The molecule has 1 aliphatic heterocycles. The number of carbonyl (C=O) groups is 1.